The number of hydrogen-bond donors (Lipinski definition) is 1. The Bertz CT molecular complexity index is 911. The van der Waals surface area contributed by atoms with Crippen LogP contribution in [0.25, 0.3) is 11.5 Å². The lowest BCUT2D eigenvalue weighted by atomic mass is 10.3. The van der Waals surface area contributed by atoms with Crippen LogP contribution < -0.4 is 9.46 Å². The smallest absolute Gasteiger partial charge is 0.240 e. The first kappa shape index (κ1) is 17.6. The molecule has 0 unspecified atom stereocenters. The lowest BCUT2D eigenvalue weighted by Gasteiger charge is -2.08. The quantitative estimate of drug-likeness (QED) is 0.587. The average Bonchev–Trinajstić information content (AvgIpc) is 3.14. The molecule has 0 amide bonds. The van der Waals surface area contributed by atoms with E-state index in [2.05, 4.69) is 30.8 Å². The van der Waals surface area contributed by atoms with Gasteiger partial charge in [0.05, 0.1) is 11.2 Å². The molecule has 2 aromatic heterocycles. The third-order valence-electron chi connectivity index (χ3n) is 3.18. The number of hydrogen-bond acceptors (Lipinski definition) is 6. The number of benzene rings is 1. The zero-order valence-corrected chi connectivity index (χ0v) is 15.3. The van der Waals surface area contributed by atoms with E-state index in [9.17, 15) is 8.42 Å². The Balaban J connectivity index is 1.50. The molecule has 0 bridgehead atoms. The summed E-state index contributed by atoms with van der Waals surface area (Å²) in [7, 11) is -3.57. The molecule has 7 nitrogen and oxygen atoms in total. The Hall–Kier alpha value is -2.23. The van der Waals surface area contributed by atoms with Crippen LogP contribution in [0.2, 0.25) is 0 Å². The molecule has 0 fully saturated rings. The highest BCUT2D eigenvalue weighted by molar-refractivity contribution is 9.10. The van der Waals surface area contributed by atoms with Crippen LogP contribution in [-0.2, 0) is 10.0 Å². The predicted molar refractivity (Wildman–Crippen MR) is 94.6 cm³/mol. The molecule has 0 spiro atoms. The largest absolute Gasteiger partial charge is 0.475 e. The molecule has 1 N–H and O–H groups in total. The van der Waals surface area contributed by atoms with Gasteiger partial charge < -0.3 is 9.15 Å². The average molecular weight is 424 g/mol. The summed E-state index contributed by atoms with van der Waals surface area (Å²) in [6, 6.07) is 13.3. The minimum absolute atomic E-state index is 0.111. The topological polar surface area (TPSA) is 94.3 Å². The third-order valence-corrected chi connectivity index (χ3v) is 5.19. The summed E-state index contributed by atoms with van der Waals surface area (Å²) < 4.78 is 38.1. The van der Waals surface area contributed by atoms with E-state index < -0.39 is 10.0 Å². The van der Waals surface area contributed by atoms with Crippen molar-refractivity contribution in [3.05, 3.63) is 59.3 Å². The number of ether oxygens (including phenoxy) is 1. The maximum Gasteiger partial charge on any atom is 0.240 e. The number of sulfonamides is 1. The van der Waals surface area contributed by atoms with Gasteiger partial charge in [0.1, 0.15) is 12.3 Å². The lowest BCUT2D eigenvalue weighted by molar-refractivity contribution is 0.307. The predicted octanol–water partition coefficient (Wildman–Crippen LogP) is 2.86. The molecule has 0 saturated heterocycles. The molecule has 1 aromatic carbocycles. The van der Waals surface area contributed by atoms with E-state index in [-0.39, 0.29) is 18.0 Å². The number of furan rings is 1. The second-order valence-corrected chi connectivity index (χ2v) is 7.62. The standard InChI is InChI=1S/C16H14BrN3O4S/c17-12-3-5-13(6-4-12)25(21,22)18-9-11-24-16-8-7-14(19-20-16)15-2-1-10-23-15/h1-8,10,18H,9,11H2. The van der Waals surface area contributed by atoms with Crippen molar-refractivity contribution in [3.8, 4) is 17.3 Å². The van der Waals surface area contributed by atoms with Crippen LogP contribution in [0.3, 0.4) is 0 Å². The van der Waals surface area contributed by atoms with Gasteiger partial charge in [-0.05, 0) is 42.5 Å². The normalized spacial score (nSPS) is 11.4. The van der Waals surface area contributed by atoms with Crippen LogP contribution in [0.1, 0.15) is 0 Å². The molecule has 25 heavy (non-hydrogen) atoms. The number of halogens is 1. The number of aromatic nitrogens is 2. The molecule has 3 rings (SSSR count). The Kier molecular flexibility index (Phi) is 5.47. The van der Waals surface area contributed by atoms with E-state index in [1.807, 2.05) is 0 Å². The summed E-state index contributed by atoms with van der Waals surface area (Å²) in [5, 5.41) is 7.91. The SMILES string of the molecule is O=S(=O)(NCCOc1ccc(-c2ccco2)nn1)c1ccc(Br)cc1. The fourth-order valence-electron chi connectivity index (χ4n) is 1.98. The highest BCUT2D eigenvalue weighted by Crippen LogP contribution is 2.18. The van der Waals surface area contributed by atoms with Gasteiger partial charge in [0.2, 0.25) is 15.9 Å². The van der Waals surface area contributed by atoms with Gasteiger partial charge in [0.25, 0.3) is 0 Å². The van der Waals surface area contributed by atoms with E-state index >= 15 is 0 Å². The van der Waals surface area contributed by atoms with Crippen molar-refractivity contribution in [3.63, 3.8) is 0 Å². The first-order valence-corrected chi connectivity index (χ1v) is 9.58. The summed E-state index contributed by atoms with van der Waals surface area (Å²) in [4.78, 5) is 0.193. The minimum Gasteiger partial charge on any atom is -0.475 e. The van der Waals surface area contributed by atoms with Crippen LogP contribution in [0.5, 0.6) is 5.88 Å². The molecule has 0 atom stereocenters. The van der Waals surface area contributed by atoms with E-state index in [4.69, 9.17) is 9.15 Å². The van der Waals surface area contributed by atoms with Crippen molar-refractivity contribution in [2.75, 3.05) is 13.2 Å². The van der Waals surface area contributed by atoms with Crippen molar-refractivity contribution in [1.82, 2.24) is 14.9 Å². The Morgan fingerprint density at radius 2 is 1.88 bits per heavy atom. The van der Waals surface area contributed by atoms with Gasteiger partial charge in [-0.3, -0.25) is 0 Å². The molecular formula is C16H14BrN3O4S. The molecule has 0 saturated carbocycles. The van der Waals surface area contributed by atoms with Gasteiger partial charge in [-0.25, -0.2) is 13.1 Å². The van der Waals surface area contributed by atoms with E-state index in [0.29, 0.717) is 17.3 Å². The summed E-state index contributed by atoms with van der Waals surface area (Å²) >= 11 is 3.27. The highest BCUT2D eigenvalue weighted by Gasteiger charge is 2.13. The zero-order chi connectivity index (χ0) is 17.7. The highest BCUT2D eigenvalue weighted by atomic mass is 79.9. The molecule has 9 heteroatoms. The molecular weight excluding hydrogens is 410 g/mol. The zero-order valence-electron chi connectivity index (χ0n) is 12.9. The Morgan fingerprint density at radius 3 is 2.52 bits per heavy atom. The van der Waals surface area contributed by atoms with Crippen LogP contribution >= 0.6 is 15.9 Å². The summed E-state index contributed by atoms with van der Waals surface area (Å²) in [6.45, 7) is 0.241. The molecule has 130 valence electrons. The summed E-state index contributed by atoms with van der Waals surface area (Å²) in [5.74, 6) is 0.916. The Labute approximate surface area is 153 Å². The van der Waals surface area contributed by atoms with Gasteiger partial charge in [0, 0.05) is 17.1 Å². The van der Waals surface area contributed by atoms with Crippen molar-refractivity contribution in [2.24, 2.45) is 0 Å². The monoisotopic (exact) mass is 423 g/mol. The van der Waals surface area contributed by atoms with Gasteiger partial charge >= 0.3 is 0 Å². The number of nitrogens with zero attached hydrogens (tertiary/aromatic N) is 2. The van der Waals surface area contributed by atoms with Crippen LogP contribution in [0.15, 0.2) is 68.6 Å². The number of nitrogens with one attached hydrogen (secondary N) is 1. The summed E-state index contributed by atoms with van der Waals surface area (Å²) in [6.07, 6.45) is 1.55. The van der Waals surface area contributed by atoms with Crippen molar-refractivity contribution in [2.45, 2.75) is 4.90 Å². The fraction of sp³-hybridized carbons (Fsp3) is 0.125. The lowest BCUT2D eigenvalue weighted by Crippen LogP contribution is -2.28. The molecule has 3 aromatic rings. The van der Waals surface area contributed by atoms with Crippen molar-refractivity contribution in [1.29, 1.82) is 0 Å². The van der Waals surface area contributed by atoms with Gasteiger partial charge in [-0.15, -0.1) is 10.2 Å². The molecule has 0 radical (unpaired) electrons. The second-order valence-electron chi connectivity index (χ2n) is 4.93. The van der Waals surface area contributed by atoms with E-state index in [1.54, 1.807) is 42.7 Å². The van der Waals surface area contributed by atoms with Crippen molar-refractivity contribution < 1.29 is 17.6 Å². The molecule has 2 heterocycles. The van der Waals surface area contributed by atoms with Crippen molar-refractivity contribution >= 4 is 26.0 Å². The molecule has 0 aliphatic rings. The fourth-order valence-corrected chi connectivity index (χ4v) is 3.26. The van der Waals surface area contributed by atoms with Gasteiger partial charge in [-0.1, -0.05) is 15.9 Å². The number of rotatable bonds is 7. The van der Waals surface area contributed by atoms with E-state index in [1.165, 1.54) is 12.1 Å². The van der Waals surface area contributed by atoms with Crippen LogP contribution in [-0.4, -0.2) is 31.8 Å². The van der Waals surface area contributed by atoms with Gasteiger partial charge in [0.15, 0.2) is 5.76 Å². The first-order chi connectivity index (χ1) is 12.0. The second kappa shape index (κ2) is 7.77. The first-order valence-electron chi connectivity index (χ1n) is 7.30. The van der Waals surface area contributed by atoms with E-state index in [0.717, 1.165) is 4.47 Å². The van der Waals surface area contributed by atoms with Gasteiger partial charge in [-0.2, -0.15) is 0 Å². The minimum atomic E-state index is -3.57. The summed E-state index contributed by atoms with van der Waals surface area (Å²) in [5.41, 5.74) is 0.591. The third kappa shape index (κ3) is 4.65. The maximum absolute atomic E-state index is 12.1. The van der Waals surface area contributed by atoms with Crippen LogP contribution in [0, 0.1) is 0 Å². The van der Waals surface area contributed by atoms with Crippen LogP contribution in [0.4, 0.5) is 0 Å². The molecule has 0 aliphatic carbocycles. The maximum atomic E-state index is 12.1. The molecule has 0 aliphatic heterocycles. The Morgan fingerprint density at radius 1 is 1.08 bits per heavy atom.